The molecule has 1 unspecified atom stereocenters. The lowest BCUT2D eigenvalue weighted by Gasteiger charge is -2.31. The fourth-order valence-electron chi connectivity index (χ4n) is 3.88. The van der Waals surface area contributed by atoms with E-state index in [0.717, 1.165) is 0 Å². The minimum absolute atomic E-state index is 0.0734. The zero-order valence-electron chi connectivity index (χ0n) is 21.6. The summed E-state index contributed by atoms with van der Waals surface area (Å²) in [7, 11) is 6.49. The number of carbonyl (C=O) groups excluding carboxylic acids is 1. The van der Waals surface area contributed by atoms with Crippen LogP contribution in [0.1, 0.15) is 16.1 Å². The first-order chi connectivity index (χ1) is 18.1. The smallest absolute Gasteiger partial charge is 0.251 e. The molecule has 3 rings (SSSR count). The maximum Gasteiger partial charge on any atom is 0.251 e. The molecule has 0 aliphatic rings. The van der Waals surface area contributed by atoms with Gasteiger partial charge in [0.25, 0.3) is 5.91 Å². The van der Waals surface area contributed by atoms with Gasteiger partial charge in [0.2, 0.25) is 0 Å². The summed E-state index contributed by atoms with van der Waals surface area (Å²) in [6, 6.07) is 12.1. The number of aromatic nitrogens is 1. The van der Waals surface area contributed by atoms with Crippen LogP contribution in [0.3, 0.4) is 0 Å². The number of benzene rings is 2. The summed E-state index contributed by atoms with van der Waals surface area (Å²) in [5.74, 6) is 0.102. The van der Waals surface area contributed by atoms with E-state index in [1.54, 1.807) is 43.3 Å². The number of nitrogens with zero attached hydrogens (tertiary/aromatic N) is 2. The maximum absolute atomic E-state index is 13.8. The highest BCUT2D eigenvalue weighted by Crippen LogP contribution is 2.33. The summed E-state index contributed by atoms with van der Waals surface area (Å²) in [5.41, 5.74) is -0.179. The van der Waals surface area contributed by atoms with Crippen molar-refractivity contribution in [2.45, 2.75) is 5.60 Å². The normalized spacial score (nSPS) is 12.7. The Hall–Kier alpha value is -3.44. The number of likely N-dealkylation sites (N-methyl/N-ethyl adjacent to an activating group) is 1. The number of halogens is 2. The van der Waals surface area contributed by atoms with E-state index in [4.69, 9.17) is 30.9 Å². The van der Waals surface area contributed by atoms with Crippen LogP contribution < -0.4 is 19.5 Å². The number of nitrogens with one attached hydrogen (secondary N) is 1. The Balaban J connectivity index is 1.91. The molecule has 0 saturated carbocycles. The third-order valence-corrected chi connectivity index (χ3v) is 5.93. The first-order valence-electron chi connectivity index (χ1n) is 11.7. The SMILES string of the molecule is COc1cc(C(=O)NCC(O)(CN(C)C)c2ccc(OC)c(-c3ccc(F)c(Cl)c3)n2)ccc1OCCO. The lowest BCUT2D eigenvalue weighted by atomic mass is 9.96. The lowest BCUT2D eigenvalue weighted by Crippen LogP contribution is -2.47. The molecule has 11 heteroatoms. The Kier molecular flexibility index (Phi) is 9.87. The Bertz CT molecular complexity index is 1280. The van der Waals surface area contributed by atoms with Crippen LogP contribution >= 0.6 is 11.6 Å². The minimum Gasteiger partial charge on any atom is -0.494 e. The molecular formula is C27H31ClFN3O6. The Morgan fingerprint density at radius 2 is 1.79 bits per heavy atom. The van der Waals surface area contributed by atoms with E-state index in [2.05, 4.69) is 10.3 Å². The molecule has 1 heterocycles. The number of aliphatic hydroxyl groups excluding tert-OH is 1. The maximum atomic E-state index is 13.8. The highest BCUT2D eigenvalue weighted by atomic mass is 35.5. The average molecular weight is 548 g/mol. The first-order valence-corrected chi connectivity index (χ1v) is 12.1. The fourth-order valence-corrected chi connectivity index (χ4v) is 4.06. The highest BCUT2D eigenvalue weighted by molar-refractivity contribution is 6.31. The molecule has 3 aromatic rings. The average Bonchev–Trinajstić information content (AvgIpc) is 2.91. The second-order valence-corrected chi connectivity index (χ2v) is 9.17. The molecule has 1 aromatic heterocycles. The van der Waals surface area contributed by atoms with Crippen molar-refractivity contribution in [3.8, 4) is 28.5 Å². The van der Waals surface area contributed by atoms with Gasteiger partial charge in [0.1, 0.15) is 29.5 Å². The number of hydrogen-bond donors (Lipinski definition) is 3. The zero-order chi connectivity index (χ0) is 27.9. The van der Waals surface area contributed by atoms with Crippen molar-refractivity contribution in [1.82, 2.24) is 15.2 Å². The minimum atomic E-state index is -1.60. The first kappa shape index (κ1) is 29.1. The molecule has 0 saturated heterocycles. The number of rotatable bonds is 12. The van der Waals surface area contributed by atoms with Crippen LogP contribution in [0.15, 0.2) is 48.5 Å². The Morgan fingerprint density at radius 3 is 2.42 bits per heavy atom. The Labute approximate surface area is 225 Å². The van der Waals surface area contributed by atoms with Crippen LogP contribution in [0.4, 0.5) is 4.39 Å². The molecule has 0 radical (unpaired) electrons. The molecule has 38 heavy (non-hydrogen) atoms. The van der Waals surface area contributed by atoms with Crippen LogP contribution in [-0.4, -0.2) is 80.6 Å². The van der Waals surface area contributed by atoms with Gasteiger partial charge in [-0.2, -0.15) is 0 Å². The van der Waals surface area contributed by atoms with E-state index in [1.807, 2.05) is 0 Å². The summed E-state index contributed by atoms with van der Waals surface area (Å²) in [5, 5.41) is 23.4. The zero-order valence-corrected chi connectivity index (χ0v) is 22.4. The van der Waals surface area contributed by atoms with Crippen molar-refractivity contribution in [3.05, 3.63) is 70.6 Å². The molecule has 204 valence electrons. The van der Waals surface area contributed by atoms with Gasteiger partial charge >= 0.3 is 0 Å². The van der Waals surface area contributed by atoms with Crippen LogP contribution in [0.2, 0.25) is 5.02 Å². The molecule has 2 aromatic carbocycles. The molecule has 0 bridgehead atoms. The number of methoxy groups -OCH3 is 2. The van der Waals surface area contributed by atoms with Crippen molar-refractivity contribution >= 4 is 17.5 Å². The molecule has 0 aliphatic heterocycles. The van der Waals surface area contributed by atoms with Gasteiger partial charge < -0.3 is 34.6 Å². The van der Waals surface area contributed by atoms with Crippen molar-refractivity contribution in [1.29, 1.82) is 0 Å². The number of pyridine rings is 1. The summed E-state index contributed by atoms with van der Waals surface area (Å²) in [6.45, 7) is -0.114. The third kappa shape index (κ3) is 6.90. The van der Waals surface area contributed by atoms with Gasteiger partial charge in [-0.05, 0) is 62.6 Å². The van der Waals surface area contributed by atoms with Crippen molar-refractivity contribution < 1.29 is 33.6 Å². The van der Waals surface area contributed by atoms with Gasteiger partial charge in [0.05, 0.1) is 38.1 Å². The van der Waals surface area contributed by atoms with Gasteiger partial charge in [-0.1, -0.05) is 11.6 Å². The van der Waals surface area contributed by atoms with Crippen molar-refractivity contribution in [3.63, 3.8) is 0 Å². The number of ether oxygens (including phenoxy) is 3. The van der Waals surface area contributed by atoms with Crippen molar-refractivity contribution in [2.24, 2.45) is 0 Å². The molecule has 0 fully saturated rings. The monoisotopic (exact) mass is 547 g/mol. The summed E-state index contributed by atoms with van der Waals surface area (Å²) < 4.78 is 29.9. The van der Waals surface area contributed by atoms with Crippen LogP contribution in [0.25, 0.3) is 11.3 Å². The van der Waals surface area contributed by atoms with E-state index in [1.165, 1.54) is 38.5 Å². The summed E-state index contributed by atoms with van der Waals surface area (Å²) in [6.07, 6.45) is 0. The van der Waals surface area contributed by atoms with Crippen LogP contribution in [0, 0.1) is 5.82 Å². The van der Waals surface area contributed by atoms with Crippen LogP contribution in [0.5, 0.6) is 17.2 Å². The van der Waals surface area contributed by atoms with Gasteiger partial charge in [-0.15, -0.1) is 0 Å². The predicted molar refractivity (Wildman–Crippen MR) is 142 cm³/mol. The number of carbonyl (C=O) groups is 1. The van der Waals surface area contributed by atoms with Crippen LogP contribution in [-0.2, 0) is 5.60 Å². The highest BCUT2D eigenvalue weighted by Gasteiger charge is 2.33. The molecule has 1 amide bonds. The van der Waals surface area contributed by atoms with Gasteiger partial charge in [0, 0.05) is 17.7 Å². The predicted octanol–water partition coefficient (Wildman–Crippen LogP) is 3.11. The quantitative estimate of drug-likeness (QED) is 0.317. The molecular weight excluding hydrogens is 517 g/mol. The van der Waals surface area contributed by atoms with E-state index >= 15 is 0 Å². The standard InChI is InChI=1S/C27H31ClFN3O6/c1-32(2)16-27(35,15-30-26(34)18-6-8-21(38-12-11-33)23(14-18)37-4)24-10-9-22(36-3)25(31-24)17-5-7-20(29)19(28)13-17/h5-10,13-14,33,35H,11-12,15-16H2,1-4H3,(H,30,34). The second kappa shape index (κ2) is 12.9. The topological polar surface area (TPSA) is 113 Å². The third-order valence-electron chi connectivity index (χ3n) is 5.64. The number of aliphatic hydroxyl groups is 2. The molecule has 9 nitrogen and oxygen atoms in total. The van der Waals surface area contributed by atoms with Gasteiger partial charge in [0.15, 0.2) is 11.5 Å². The van der Waals surface area contributed by atoms with E-state index in [-0.39, 0.29) is 42.6 Å². The largest absolute Gasteiger partial charge is 0.494 e. The van der Waals surface area contributed by atoms with E-state index < -0.39 is 17.3 Å². The number of amides is 1. The summed E-state index contributed by atoms with van der Waals surface area (Å²) >= 11 is 5.98. The molecule has 0 aliphatic carbocycles. The lowest BCUT2D eigenvalue weighted by molar-refractivity contribution is 0.00839. The summed E-state index contributed by atoms with van der Waals surface area (Å²) in [4.78, 5) is 19.4. The molecule has 3 N–H and O–H groups in total. The Morgan fingerprint density at radius 1 is 1.08 bits per heavy atom. The van der Waals surface area contributed by atoms with Gasteiger partial charge in [-0.25, -0.2) is 9.37 Å². The number of hydrogen-bond acceptors (Lipinski definition) is 8. The van der Waals surface area contributed by atoms with E-state index in [0.29, 0.717) is 28.5 Å². The second-order valence-electron chi connectivity index (χ2n) is 8.77. The fraction of sp³-hybridized carbons (Fsp3) is 0.333. The van der Waals surface area contributed by atoms with Gasteiger partial charge in [-0.3, -0.25) is 4.79 Å². The van der Waals surface area contributed by atoms with E-state index in [9.17, 15) is 14.3 Å². The molecule has 0 spiro atoms. The van der Waals surface area contributed by atoms with Crippen molar-refractivity contribution in [2.75, 3.05) is 54.6 Å². The molecule has 1 atom stereocenters.